The van der Waals surface area contributed by atoms with Gasteiger partial charge in [0.2, 0.25) is 0 Å². The molecule has 7 nitrogen and oxygen atoms in total. The number of nitrogens with one attached hydrogen (secondary N) is 2. The molecule has 0 atom stereocenters. The summed E-state index contributed by atoms with van der Waals surface area (Å²) >= 11 is 0. The van der Waals surface area contributed by atoms with Crippen molar-refractivity contribution in [3.63, 3.8) is 0 Å². The number of aromatic nitrogens is 4. The van der Waals surface area contributed by atoms with E-state index >= 15 is 0 Å². The number of hydrogen-bond acceptors (Lipinski definition) is 5. The van der Waals surface area contributed by atoms with Crippen molar-refractivity contribution in [1.29, 1.82) is 0 Å². The van der Waals surface area contributed by atoms with Crippen LogP contribution in [0, 0.1) is 5.41 Å². The largest absolute Gasteiger partial charge is 0.371 e. The van der Waals surface area contributed by atoms with Crippen LogP contribution >= 0.6 is 0 Å². The highest BCUT2D eigenvalue weighted by atomic mass is 15.2. The number of likely N-dealkylation sites (tertiary alicyclic amines) is 1. The molecule has 37 heavy (non-hydrogen) atoms. The summed E-state index contributed by atoms with van der Waals surface area (Å²) in [6.45, 7) is 7.65. The van der Waals surface area contributed by atoms with E-state index in [-0.39, 0.29) is 0 Å². The molecule has 0 unspecified atom stereocenters. The molecule has 4 heterocycles. The van der Waals surface area contributed by atoms with E-state index < -0.39 is 0 Å². The molecule has 6 rings (SSSR count). The maximum Gasteiger partial charge on any atom is 0.120 e. The Morgan fingerprint density at radius 1 is 0.838 bits per heavy atom. The van der Waals surface area contributed by atoms with Crippen molar-refractivity contribution >= 4 is 5.69 Å². The molecule has 1 saturated carbocycles. The first-order chi connectivity index (χ1) is 18.2. The SMILES string of the molecule is c1c[nH]c(CN(CCc2ccc(N3CCC4(CCN(C5CCCCC5)CC4)C3)cc2)Cc2ncc[nH]2)n1. The lowest BCUT2D eigenvalue weighted by Crippen LogP contribution is -2.46. The third-order valence-corrected chi connectivity index (χ3v) is 9.26. The van der Waals surface area contributed by atoms with Gasteiger partial charge in [0.15, 0.2) is 0 Å². The second-order valence-corrected chi connectivity index (χ2v) is 11.7. The lowest BCUT2D eigenvalue weighted by atomic mass is 9.77. The van der Waals surface area contributed by atoms with Crippen LogP contribution in [0.4, 0.5) is 5.69 Å². The van der Waals surface area contributed by atoms with E-state index in [1.54, 1.807) is 0 Å². The van der Waals surface area contributed by atoms with Crippen molar-refractivity contribution in [3.8, 4) is 0 Å². The van der Waals surface area contributed by atoms with Crippen LogP contribution in [-0.4, -0.2) is 68.5 Å². The summed E-state index contributed by atoms with van der Waals surface area (Å²) in [7, 11) is 0. The molecule has 1 aromatic carbocycles. The van der Waals surface area contributed by atoms with Crippen molar-refractivity contribution in [1.82, 2.24) is 29.7 Å². The first kappa shape index (κ1) is 24.7. The van der Waals surface area contributed by atoms with Crippen LogP contribution in [0.3, 0.4) is 0 Å². The molecule has 0 radical (unpaired) electrons. The van der Waals surface area contributed by atoms with Crippen molar-refractivity contribution in [3.05, 3.63) is 66.3 Å². The molecule has 198 valence electrons. The van der Waals surface area contributed by atoms with Gasteiger partial charge in [-0.25, -0.2) is 9.97 Å². The smallest absolute Gasteiger partial charge is 0.120 e. The predicted octanol–water partition coefficient (Wildman–Crippen LogP) is 5.00. The summed E-state index contributed by atoms with van der Waals surface area (Å²) in [4.78, 5) is 23.2. The molecule has 0 bridgehead atoms. The molecule has 1 spiro atoms. The number of piperidine rings is 1. The molecule has 2 aliphatic heterocycles. The van der Waals surface area contributed by atoms with Crippen molar-refractivity contribution < 1.29 is 0 Å². The average Bonchev–Trinajstić information content (AvgIpc) is 3.73. The third kappa shape index (κ3) is 6.10. The van der Waals surface area contributed by atoms with Crippen molar-refractivity contribution in [2.45, 2.75) is 76.9 Å². The minimum absolute atomic E-state index is 0.544. The second kappa shape index (κ2) is 11.4. The van der Waals surface area contributed by atoms with Gasteiger partial charge in [-0.2, -0.15) is 0 Å². The topological polar surface area (TPSA) is 67.1 Å². The summed E-state index contributed by atoms with van der Waals surface area (Å²) in [5.74, 6) is 1.99. The Morgan fingerprint density at radius 2 is 1.49 bits per heavy atom. The fourth-order valence-electron chi connectivity index (χ4n) is 6.94. The number of anilines is 1. The van der Waals surface area contributed by atoms with E-state index in [0.717, 1.165) is 43.7 Å². The van der Waals surface area contributed by atoms with Crippen LogP contribution in [0.1, 0.15) is 68.6 Å². The highest BCUT2D eigenvalue weighted by Crippen LogP contribution is 2.43. The summed E-state index contributed by atoms with van der Waals surface area (Å²) in [6, 6.07) is 10.3. The maximum absolute atomic E-state index is 4.42. The monoisotopic (exact) mass is 501 g/mol. The fourth-order valence-corrected chi connectivity index (χ4v) is 6.94. The van der Waals surface area contributed by atoms with Gasteiger partial charge in [-0.3, -0.25) is 4.90 Å². The zero-order valence-electron chi connectivity index (χ0n) is 22.2. The van der Waals surface area contributed by atoms with E-state index in [0.29, 0.717) is 5.41 Å². The summed E-state index contributed by atoms with van der Waals surface area (Å²) in [5.41, 5.74) is 3.34. The predicted molar refractivity (Wildman–Crippen MR) is 148 cm³/mol. The Balaban J connectivity index is 1.01. The van der Waals surface area contributed by atoms with Gasteiger partial charge in [-0.05, 0) is 74.7 Å². The second-order valence-electron chi connectivity index (χ2n) is 11.7. The number of nitrogens with zero attached hydrogens (tertiary/aromatic N) is 5. The lowest BCUT2D eigenvalue weighted by molar-refractivity contribution is 0.0689. The van der Waals surface area contributed by atoms with Crippen LogP contribution in [0.25, 0.3) is 0 Å². The lowest BCUT2D eigenvalue weighted by Gasteiger charge is -2.43. The molecule has 2 aromatic heterocycles. The summed E-state index contributed by atoms with van der Waals surface area (Å²) in [6.07, 6.45) is 19.8. The van der Waals surface area contributed by atoms with Crippen LogP contribution < -0.4 is 4.90 Å². The van der Waals surface area contributed by atoms with Crippen LogP contribution in [0.15, 0.2) is 49.1 Å². The molecule has 2 N–H and O–H groups in total. The van der Waals surface area contributed by atoms with E-state index in [4.69, 9.17) is 0 Å². The zero-order valence-corrected chi connectivity index (χ0v) is 22.2. The molecule has 0 amide bonds. The minimum atomic E-state index is 0.544. The van der Waals surface area contributed by atoms with Gasteiger partial charge in [0, 0.05) is 56.2 Å². The Hall–Kier alpha value is -2.64. The van der Waals surface area contributed by atoms with Crippen LogP contribution in [0.2, 0.25) is 0 Å². The highest BCUT2D eigenvalue weighted by molar-refractivity contribution is 5.49. The minimum Gasteiger partial charge on any atom is -0.371 e. The molecule has 3 aliphatic rings. The third-order valence-electron chi connectivity index (χ3n) is 9.26. The van der Waals surface area contributed by atoms with Crippen molar-refractivity contribution in [2.24, 2.45) is 5.41 Å². The Morgan fingerprint density at radius 3 is 2.11 bits per heavy atom. The van der Waals surface area contributed by atoms with Gasteiger partial charge in [-0.1, -0.05) is 31.4 Å². The number of H-pyrrole nitrogens is 2. The Labute approximate surface area is 221 Å². The highest BCUT2D eigenvalue weighted by Gasteiger charge is 2.41. The van der Waals surface area contributed by atoms with Crippen LogP contribution in [-0.2, 0) is 19.5 Å². The van der Waals surface area contributed by atoms with Gasteiger partial charge >= 0.3 is 0 Å². The number of hydrogen-bond donors (Lipinski definition) is 2. The first-order valence-corrected chi connectivity index (χ1v) is 14.5. The zero-order chi connectivity index (χ0) is 24.9. The normalized spacial score (nSPS) is 20.8. The fraction of sp³-hybridized carbons (Fsp3) is 0.600. The van der Waals surface area contributed by atoms with Crippen LogP contribution in [0.5, 0.6) is 0 Å². The molecular formula is C30H43N7. The van der Waals surface area contributed by atoms with Gasteiger partial charge in [0.1, 0.15) is 11.6 Å². The number of rotatable bonds is 9. The van der Waals surface area contributed by atoms with Gasteiger partial charge in [0.25, 0.3) is 0 Å². The van der Waals surface area contributed by atoms with Gasteiger partial charge in [-0.15, -0.1) is 0 Å². The maximum atomic E-state index is 4.42. The first-order valence-electron chi connectivity index (χ1n) is 14.5. The molecule has 3 fully saturated rings. The van der Waals surface area contributed by atoms with Gasteiger partial charge < -0.3 is 19.8 Å². The van der Waals surface area contributed by atoms with Gasteiger partial charge in [0.05, 0.1) is 13.1 Å². The van der Waals surface area contributed by atoms with E-state index in [1.165, 1.54) is 88.8 Å². The molecule has 1 aliphatic carbocycles. The summed E-state index contributed by atoms with van der Waals surface area (Å²) < 4.78 is 0. The molecular weight excluding hydrogens is 458 g/mol. The van der Waals surface area contributed by atoms with E-state index in [9.17, 15) is 0 Å². The average molecular weight is 502 g/mol. The quantitative estimate of drug-likeness (QED) is 0.432. The standard InChI is InChI=1S/C30H43N7/c1-2-4-26(5-3-1)36-19-11-30(12-20-36)13-21-37(24-30)27-8-6-25(7-9-27)10-18-35(22-28-31-14-15-32-28)23-29-33-16-17-34-29/h6-9,14-17,26H,1-5,10-13,18-24H2,(H,31,32)(H,33,34). The van der Waals surface area contributed by atoms with E-state index in [2.05, 4.69) is 58.9 Å². The number of benzene rings is 1. The Bertz CT molecular complexity index is 1030. The molecule has 7 heteroatoms. The Kier molecular flexibility index (Phi) is 7.60. The molecule has 2 saturated heterocycles. The van der Waals surface area contributed by atoms with Crippen molar-refractivity contribution in [2.75, 3.05) is 37.6 Å². The number of imidazole rings is 2. The molecule has 3 aromatic rings. The summed E-state index contributed by atoms with van der Waals surface area (Å²) in [5, 5.41) is 0. The van der Waals surface area contributed by atoms with E-state index in [1.807, 2.05) is 24.8 Å². The number of aromatic amines is 2.